The third-order valence-electron chi connectivity index (χ3n) is 4.92. The van der Waals surface area contributed by atoms with Crippen molar-refractivity contribution in [3.05, 3.63) is 59.1 Å². The molecule has 1 aromatic heterocycles. The van der Waals surface area contributed by atoms with Crippen molar-refractivity contribution >= 4 is 23.3 Å². The van der Waals surface area contributed by atoms with E-state index < -0.39 is 41.0 Å². The number of aromatic hydroxyl groups is 2. The number of ketones is 1. The molecule has 0 aliphatic heterocycles. The van der Waals surface area contributed by atoms with Gasteiger partial charge in [0.05, 0.1) is 16.8 Å². The summed E-state index contributed by atoms with van der Waals surface area (Å²) in [6, 6.07) is 6.44. The van der Waals surface area contributed by atoms with E-state index in [0.717, 1.165) is 29.2 Å². The Kier molecular flexibility index (Phi) is 7.48. The van der Waals surface area contributed by atoms with Crippen LogP contribution in [0.1, 0.15) is 37.0 Å². The molecule has 0 spiro atoms. The lowest BCUT2D eigenvalue weighted by Gasteiger charge is -2.25. The van der Waals surface area contributed by atoms with Crippen molar-refractivity contribution in [2.75, 3.05) is 0 Å². The smallest absolute Gasteiger partial charge is 0.504 e. The summed E-state index contributed by atoms with van der Waals surface area (Å²) in [4.78, 5) is 29.8. The highest BCUT2D eigenvalue weighted by Crippen LogP contribution is 2.35. The Hall–Kier alpha value is -3.80. The van der Waals surface area contributed by atoms with Crippen molar-refractivity contribution in [2.24, 2.45) is 5.41 Å². The summed E-state index contributed by atoms with van der Waals surface area (Å²) in [5.74, 6) is -2.98. The zero-order valence-corrected chi connectivity index (χ0v) is 20.1. The van der Waals surface area contributed by atoms with Crippen molar-refractivity contribution in [1.82, 2.24) is 20.1 Å². The molecule has 1 heterocycles. The molecular formula is C23H22ClF3N4O5. The van der Waals surface area contributed by atoms with Gasteiger partial charge in [0.2, 0.25) is 5.82 Å². The van der Waals surface area contributed by atoms with Crippen LogP contribution in [-0.2, 0) is 11.2 Å². The van der Waals surface area contributed by atoms with Crippen molar-refractivity contribution < 1.29 is 37.7 Å². The Morgan fingerprint density at radius 2 is 1.86 bits per heavy atom. The predicted molar refractivity (Wildman–Crippen MR) is 122 cm³/mol. The van der Waals surface area contributed by atoms with E-state index in [4.69, 9.17) is 11.6 Å². The second-order valence-corrected chi connectivity index (χ2v) is 9.25. The standard InChI is InChI=1S/C23H22ClF3N4O5/c1-22(2,3)19(34)16(8-12-5-4-6-14(7-12)36-23(25,26)27)29-21(35)20-28-11-31(30-20)13-9-15(24)18(33)17(32)10-13/h4-7,9-11,16,32-33H,8H2,1-3H3,(H,29,35). The fourth-order valence-electron chi connectivity index (χ4n) is 3.25. The summed E-state index contributed by atoms with van der Waals surface area (Å²) in [6.45, 7) is 4.93. The van der Waals surface area contributed by atoms with Crippen LogP contribution in [-0.4, -0.2) is 49.1 Å². The molecule has 1 amide bonds. The summed E-state index contributed by atoms with van der Waals surface area (Å²) < 4.78 is 42.8. The third kappa shape index (κ3) is 6.66. The average molecular weight is 527 g/mol. The summed E-state index contributed by atoms with van der Waals surface area (Å²) in [5.41, 5.74) is -0.358. The Morgan fingerprint density at radius 1 is 1.17 bits per heavy atom. The largest absolute Gasteiger partial charge is 0.573 e. The monoisotopic (exact) mass is 526 g/mol. The van der Waals surface area contributed by atoms with Gasteiger partial charge in [0, 0.05) is 11.5 Å². The van der Waals surface area contributed by atoms with E-state index in [2.05, 4.69) is 20.1 Å². The first-order chi connectivity index (χ1) is 16.6. The Morgan fingerprint density at radius 3 is 2.47 bits per heavy atom. The molecule has 0 aliphatic rings. The van der Waals surface area contributed by atoms with Crippen LogP contribution in [0.5, 0.6) is 17.2 Å². The first-order valence-corrected chi connectivity index (χ1v) is 10.9. The minimum Gasteiger partial charge on any atom is -0.504 e. The average Bonchev–Trinajstić information content (AvgIpc) is 3.25. The Balaban J connectivity index is 1.84. The van der Waals surface area contributed by atoms with Gasteiger partial charge in [-0.15, -0.1) is 18.3 Å². The fraction of sp³-hybridized carbons (Fsp3) is 0.304. The molecule has 0 aliphatic carbocycles. The van der Waals surface area contributed by atoms with Gasteiger partial charge in [-0.3, -0.25) is 9.59 Å². The van der Waals surface area contributed by atoms with E-state index in [0.29, 0.717) is 5.56 Å². The van der Waals surface area contributed by atoms with Gasteiger partial charge in [0.1, 0.15) is 12.1 Å². The highest BCUT2D eigenvalue weighted by atomic mass is 35.5. The quantitative estimate of drug-likeness (QED) is 0.394. The summed E-state index contributed by atoms with van der Waals surface area (Å²) in [7, 11) is 0. The number of benzene rings is 2. The number of ether oxygens (including phenoxy) is 1. The van der Waals surface area contributed by atoms with Crippen LogP contribution in [0.15, 0.2) is 42.7 Å². The van der Waals surface area contributed by atoms with Gasteiger partial charge < -0.3 is 20.3 Å². The van der Waals surface area contributed by atoms with Crippen molar-refractivity contribution in [3.63, 3.8) is 0 Å². The van der Waals surface area contributed by atoms with Gasteiger partial charge >= 0.3 is 6.36 Å². The van der Waals surface area contributed by atoms with Gasteiger partial charge in [-0.1, -0.05) is 44.5 Å². The summed E-state index contributed by atoms with van der Waals surface area (Å²) in [6.07, 6.45) is -3.83. The van der Waals surface area contributed by atoms with E-state index in [1.807, 2.05) is 0 Å². The number of carbonyl (C=O) groups is 2. The highest BCUT2D eigenvalue weighted by Gasteiger charge is 2.33. The molecule has 0 radical (unpaired) electrons. The van der Waals surface area contributed by atoms with E-state index in [1.165, 1.54) is 18.2 Å². The number of alkyl halides is 3. The molecular weight excluding hydrogens is 505 g/mol. The molecule has 192 valence electrons. The lowest BCUT2D eigenvalue weighted by molar-refractivity contribution is -0.274. The number of aromatic nitrogens is 3. The SMILES string of the molecule is CC(C)(C)C(=O)C(Cc1cccc(OC(F)(F)F)c1)NC(=O)c1ncn(-c2cc(O)c(O)c(Cl)c2)n1. The van der Waals surface area contributed by atoms with Gasteiger partial charge in [0.15, 0.2) is 17.3 Å². The zero-order chi connectivity index (χ0) is 26.8. The van der Waals surface area contributed by atoms with E-state index in [1.54, 1.807) is 20.8 Å². The summed E-state index contributed by atoms with van der Waals surface area (Å²) in [5, 5.41) is 25.8. The van der Waals surface area contributed by atoms with E-state index in [-0.39, 0.29) is 28.7 Å². The molecule has 0 saturated heterocycles. The Labute approximate surface area is 208 Å². The number of rotatable bonds is 7. The lowest BCUT2D eigenvalue weighted by atomic mass is 9.84. The van der Waals surface area contributed by atoms with Crippen LogP contribution in [0.25, 0.3) is 5.69 Å². The molecule has 0 saturated carbocycles. The molecule has 36 heavy (non-hydrogen) atoms. The van der Waals surface area contributed by atoms with Crippen molar-refractivity contribution in [2.45, 2.75) is 39.6 Å². The number of phenolic OH excluding ortho intramolecular Hbond substituents is 2. The van der Waals surface area contributed by atoms with Gasteiger partial charge in [0.25, 0.3) is 5.91 Å². The fourth-order valence-corrected chi connectivity index (χ4v) is 3.46. The molecule has 0 bridgehead atoms. The van der Waals surface area contributed by atoms with Crippen LogP contribution in [0.2, 0.25) is 5.02 Å². The molecule has 1 atom stereocenters. The number of hydrogen-bond donors (Lipinski definition) is 3. The number of Topliss-reactive ketones (excluding diaryl/α,β-unsaturated/α-hetero) is 1. The van der Waals surface area contributed by atoms with Crippen molar-refractivity contribution in [3.8, 4) is 22.9 Å². The molecule has 3 N–H and O–H groups in total. The molecule has 0 fully saturated rings. The van der Waals surface area contributed by atoms with E-state index in [9.17, 15) is 33.0 Å². The number of phenols is 2. The molecule has 13 heteroatoms. The molecule has 9 nitrogen and oxygen atoms in total. The molecule has 3 aromatic rings. The topological polar surface area (TPSA) is 127 Å². The normalized spacial score (nSPS) is 12.8. The van der Waals surface area contributed by atoms with Crippen molar-refractivity contribution in [1.29, 1.82) is 0 Å². The van der Waals surface area contributed by atoms with Crippen LogP contribution in [0.4, 0.5) is 13.2 Å². The number of amides is 1. The zero-order valence-electron chi connectivity index (χ0n) is 19.3. The minimum absolute atomic E-state index is 0.112. The first-order valence-electron chi connectivity index (χ1n) is 10.5. The first kappa shape index (κ1) is 26.8. The lowest BCUT2D eigenvalue weighted by Crippen LogP contribution is -2.47. The number of halogens is 4. The second kappa shape index (κ2) is 10.1. The number of nitrogens with zero attached hydrogens (tertiary/aromatic N) is 3. The minimum atomic E-state index is -4.88. The number of nitrogens with one attached hydrogen (secondary N) is 1. The van der Waals surface area contributed by atoms with Gasteiger partial charge in [-0.05, 0) is 30.2 Å². The van der Waals surface area contributed by atoms with E-state index >= 15 is 0 Å². The molecule has 1 unspecified atom stereocenters. The van der Waals surface area contributed by atoms with Gasteiger partial charge in [-0.25, -0.2) is 9.67 Å². The molecule has 2 aromatic carbocycles. The maximum absolute atomic E-state index is 13.0. The maximum Gasteiger partial charge on any atom is 0.573 e. The number of hydrogen-bond acceptors (Lipinski definition) is 7. The molecule has 3 rings (SSSR count). The number of carbonyl (C=O) groups excluding carboxylic acids is 2. The highest BCUT2D eigenvalue weighted by molar-refractivity contribution is 6.32. The second-order valence-electron chi connectivity index (χ2n) is 8.85. The van der Waals surface area contributed by atoms with Crippen LogP contribution in [0, 0.1) is 5.41 Å². The van der Waals surface area contributed by atoms with Crippen LogP contribution < -0.4 is 10.1 Å². The summed E-state index contributed by atoms with van der Waals surface area (Å²) >= 11 is 5.85. The maximum atomic E-state index is 13.0. The van der Waals surface area contributed by atoms with Crippen LogP contribution in [0.3, 0.4) is 0 Å². The Bertz CT molecular complexity index is 1260. The van der Waals surface area contributed by atoms with Crippen LogP contribution >= 0.6 is 11.6 Å². The van der Waals surface area contributed by atoms with Gasteiger partial charge in [-0.2, -0.15) is 0 Å². The third-order valence-corrected chi connectivity index (χ3v) is 5.21. The predicted octanol–water partition coefficient (Wildman–Crippen LogP) is 4.19.